The highest BCUT2D eigenvalue weighted by Crippen LogP contribution is 2.35. The Hall–Kier alpha value is -3.93. The molecule has 9 nitrogen and oxygen atoms in total. The van der Waals surface area contributed by atoms with Gasteiger partial charge in [0.05, 0.1) is 37.6 Å². The summed E-state index contributed by atoms with van der Waals surface area (Å²) in [6, 6.07) is 6.12. The molecule has 4 N–H and O–H groups in total. The summed E-state index contributed by atoms with van der Waals surface area (Å²) in [5.41, 5.74) is 15.2. The Balaban J connectivity index is 1.59. The van der Waals surface area contributed by atoms with E-state index in [2.05, 4.69) is 19.9 Å². The van der Waals surface area contributed by atoms with Gasteiger partial charge in [0.15, 0.2) is 11.5 Å². The summed E-state index contributed by atoms with van der Waals surface area (Å²) in [5.74, 6) is 0.188. The van der Waals surface area contributed by atoms with Crippen molar-refractivity contribution in [3.63, 3.8) is 0 Å². The quantitative estimate of drug-likeness (QED) is 0.385. The summed E-state index contributed by atoms with van der Waals surface area (Å²) in [7, 11) is 1.47. The van der Waals surface area contributed by atoms with E-state index in [0.29, 0.717) is 54.1 Å². The van der Waals surface area contributed by atoms with Crippen LogP contribution < -0.4 is 21.1 Å². The molecule has 37 heavy (non-hydrogen) atoms. The lowest BCUT2D eigenvalue weighted by Crippen LogP contribution is -2.55. The van der Waals surface area contributed by atoms with Gasteiger partial charge in [0, 0.05) is 36.7 Å². The predicted octanol–water partition coefficient (Wildman–Crippen LogP) is 3.62. The van der Waals surface area contributed by atoms with Crippen molar-refractivity contribution in [2.24, 2.45) is 5.73 Å². The fourth-order valence-electron chi connectivity index (χ4n) is 4.96. The average molecular weight is 513 g/mol. The van der Waals surface area contributed by atoms with Gasteiger partial charge in [0.1, 0.15) is 23.4 Å². The molecule has 194 valence electrons. The number of hydrogen-bond acceptors (Lipinski definition) is 8. The maximum Gasteiger partial charge on any atom is 0.240 e. The molecule has 1 fully saturated rings. The van der Waals surface area contributed by atoms with Crippen molar-refractivity contribution in [1.29, 1.82) is 0 Å². The van der Waals surface area contributed by atoms with Crippen LogP contribution in [0.4, 0.5) is 24.7 Å². The molecule has 4 aromatic rings. The maximum absolute atomic E-state index is 13.8. The average Bonchev–Trinajstić information content (AvgIpc) is 3.27. The van der Waals surface area contributed by atoms with Gasteiger partial charge in [-0.1, -0.05) is 0 Å². The van der Waals surface area contributed by atoms with Gasteiger partial charge in [-0.15, -0.1) is 0 Å². The number of fused-ring (bicyclic) bond motifs is 1. The van der Waals surface area contributed by atoms with Crippen LogP contribution in [0.3, 0.4) is 0 Å². The number of anilines is 2. The number of benzene rings is 1. The van der Waals surface area contributed by atoms with Gasteiger partial charge in [0.2, 0.25) is 6.43 Å². The van der Waals surface area contributed by atoms with Gasteiger partial charge >= 0.3 is 0 Å². The van der Waals surface area contributed by atoms with Gasteiger partial charge in [-0.05, 0) is 36.6 Å². The molecule has 1 aromatic carbocycles. The third-order valence-corrected chi connectivity index (χ3v) is 6.69. The van der Waals surface area contributed by atoms with Crippen molar-refractivity contribution >= 4 is 22.7 Å². The van der Waals surface area contributed by atoms with Crippen molar-refractivity contribution in [2.45, 2.75) is 37.8 Å². The number of hydrogen-bond donors (Lipinski definition) is 2. The topological polar surface area (TPSA) is 121 Å². The standard InChI is InChI=1S/C25H27F3N8O/c1-37-20-8-16(26)3-4-17(20)18-7-15(11-36-14-34-22-23(29)32-13-33-24(22)36)19(10-31-18)35-6-2-5-25(30,12-35)9-21(27)28/h3-4,7-8,10,13-14,21H,2,5-6,9,11-12,30H2,1H3,(H2,29,32,33)/t25-/m0/s1. The van der Waals surface area contributed by atoms with Gasteiger partial charge in [0.25, 0.3) is 0 Å². The molecule has 1 saturated heterocycles. The van der Waals surface area contributed by atoms with Crippen LogP contribution in [0.1, 0.15) is 24.8 Å². The minimum atomic E-state index is -2.49. The number of methoxy groups -OCH3 is 1. The Labute approximate surface area is 211 Å². The number of nitrogens with two attached hydrogens (primary N) is 2. The molecule has 0 amide bonds. The van der Waals surface area contributed by atoms with Crippen molar-refractivity contribution in [3.05, 3.63) is 54.5 Å². The predicted molar refractivity (Wildman–Crippen MR) is 134 cm³/mol. The molecule has 3 aromatic heterocycles. The first-order chi connectivity index (χ1) is 17.8. The number of ether oxygens (including phenoxy) is 1. The fraction of sp³-hybridized carbons (Fsp3) is 0.360. The number of nitrogen functional groups attached to an aromatic ring is 1. The molecule has 12 heteroatoms. The van der Waals surface area contributed by atoms with Gasteiger partial charge in [-0.25, -0.2) is 28.1 Å². The Morgan fingerprint density at radius 3 is 2.78 bits per heavy atom. The zero-order chi connectivity index (χ0) is 26.2. The zero-order valence-electron chi connectivity index (χ0n) is 20.2. The van der Waals surface area contributed by atoms with E-state index in [1.54, 1.807) is 18.6 Å². The Bertz CT molecular complexity index is 1430. The van der Waals surface area contributed by atoms with E-state index >= 15 is 0 Å². The second-order valence-corrected chi connectivity index (χ2v) is 9.33. The highest BCUT2D eigenvalue weighted by Gasteiger charge is 2.35. The first-order valence-corrected chi connectivity index (χ1v) is 11.8. The molecule has 0 spiro atoms. The molecule has 0 radical (unpaired) electrons. The van der Waals surface area contributed by atoms with E-state index in [0.717, 1.165) is 11.3 Å². The van der Waals surface area contributed by atoms with E-state index in [4.69, 9.17) is 16.2 Å². The number of piperidine rings is 1. The summed E-state index contributed by atoms with van der Waals surface area (Å²) in [5, 5.41) is 0. The Morgan fingerprint density at radius 1 is 1.16 bits per heavy atom. The summed E-state index contributed by atoms with van der Waals surface area (Å²) in [6.07, 6.45) is 3.02. The first kappa shape index (κ1) is 24.8. The lowest BCUT2D eigenvalue weighted by Gasteiger charge is -2.42. The summed E-state index contributed by atoms with van der Waals surface area (Å²) in [6.45, 7) is 1.26. The van der Waals surface area contributed by atoms with E-state index in [9.17, 15) is 13.2 Å². The Kier molecular flexibility index (Phi) is 6.59. The third-order valence-electron chi connectivity index (χ3n) is 6.69. The van der Waals surface area contributed by atoms with Crippen LogP contribution in [0.2, 0.25) is 0 Å². The number of rotatable bonds is 7. The van der Waals surface area contributed by atoms with Crippen LogP contribution >= 0.6 is 0 Å². The summed E-state index contributed by atoms with van der Waals surface area (Å²) < 4.78 is 47.6. The van der Waals surface area contributed by atoms with E-state index in [-0.39, 0.29) is 18.8 Å². The van der Waals surface area contributed by atoms with Crippen LogP contribution in [-0.2, 0) is 6.54 Å². The van der Waals surface area contributed by atoms with E-state index in [1.165, 1.54) is 25.6 Å². The molecule has 1 aliphatic rings. The lowest BCUT2D eigenvalue weighted by atomic mass is 9.86. The smallest absolute Gasteiger partial charge is 0.240 e. The first-order valence-electron chi connectivity index (χ1n) is 11.8. The van der Waals surface area contributed by atoms with Gasteiger partial charge in [-0.3, -0.25) is 4.98 Å². The van der Waals surface area contributed by atoms with Crippen LogP contribution in [0.5, 0.6) is 5.75 Å². The lowest BCUT2D eigenvalue weighted by molar-refractivity contribution is 0.0983. The zero-order valence-corrected chi connectivity index (χ0v) is 20.2. The number of halogens is 3. The van der Waals surface area contributed by atoms with Crippen molar-refractivity contribution in [3.8, 4) is 17.0 Å². The molecule has 4 heterocycles. The number of nitrogens with zero attached hydrogens (tertiary/aromatic N) is 6. The molecular formula is C25H27F3N8O. The molecule has 0 unspecified atom stereocenters. The third kappa shape index (κ3) is 5.01. The minimum absolute atomic E-state index is 0.269. The largest absolute Gasteiger partial charge is 0.496 e. The van der Waals surface area contributed by atoms with E-state index < -0.39 is 17.8 Å². The van der Waals surface area contributed by atoms with Crippen molar-refractivity contribution < 1.29 is 17.9 Å². The SMILES string of the molecule is COc1cc(F)ccc1-c1cc(Cn2cnc3c(N)ncnc32)c(N2CCC[C@](N)(CC(F)F)C2)cn1. The molecular weight excluding hydrogens is 485 g/mol. The number of pyridine rings is 1. The molecule has 1 atom stereocenters. The second kappa shape index (κ2) is 9.85. The van der Waals surface area contributed by atoms with Crippen LogP contribution in [0, 0.1) is 5.82 Å². The van der Waals surface area contributed by atoms with E-state index in [1.807, 2.05) is 15.5 Å². The Morgan fingerprint density at radius 2 is 2.00 bits per heavy atom. The summed E-state index contributed by atoms with van der Waals surface area (Å²) >= 11 is 0. The number of imidazole rings is 1. The van der Waals surface area contributed by atoms with Crippen molar-refractivity contribution in [1.82, 2.24) is 24.5 Å². The monoisotopic (exact) mass is 512 g/mol. The highest BCUT2D eigenvalue weighted by atomic mass is 19.3. The van der Waals surface area contributed by atoms with Gasteiger partial charge < -0.3 is 25.7 Å². The molecule has 0 saturated carbocycles. The second-order valence-electron chi connectivity index (χ2n) is 9.33. The molecule has 0 aliphatic carbocycles. The maximum atomic E-state index is 13.8. The van der Waals surface area contributed by atoms with Crippen LogP contribution in [-0.4, -0.2) is 56.7 Å². The molecule has 1 aliphatic heterocycles. The van der Waals surface area contributed by atoms with Gasteiger partial charge in [-0.2, -0.15) is 0 Å². The molecule has 0 bridgehead atoms. The number of alkyl halides is 2. The minimum Gasteiger partial charge on any atom is -0.496 e. The normalized spacial score (nSPS) is 18.1. The van der Waals surface area contributed by atoms with Crippen LogP contribution in [0.25, 0.3) is 22.4 Å². The fourth-order valence-corrected chi connectivity index (χ4v) is 4.96. The molecule has 5 rings (SSSR count). The van der Waals surface area contributed by atoms with Crippen LogP contribution in [0.15, 0.2) is 43.1 Å². The highest BCUT2D eigenvalue weighted by molar-refractivity contribution is 5.81. The number of aromatic nitrogens is 5. The summed E-state index contributed by atoms with van der Waals surface area (Å²) in [4.78, 5) is 19.3. The van der Waals surface area contributed by atoms with Crippen molar-refractivity contribution in [2.75, 3.05) is 30.8 Å².